The molecule has 1 aromatic carbocycles. The van der Waals surface area contributed by atoms with Crippen molar-refractivity contribution in [2.75, 3.05) is 27.2 Å². The first-order valence-corrected chi connectivity index (χ1v) is 5.25. The number of likely N-dealkylation sites (N-methyl/N-ethyl adjacent to an activating group) is 1. The molecule has 3 nitrogen and oxygen atoms in total. The highest BCUT2D eigenvalue weighted by Crippen LogP contribution is 2.22. The highest BCUT2D eigenvalue weighted by atomic mass is 35.5. The quantitative estimate of drug-likeness (QED) is 0.832. The molecule has 2 N–H and O–H groups in total. The molecule has 0 spiro atoms. The van der Waals surface area contributed by atoms with Crippen LogP contribution < -0.4 is 10.5 Å². The van der Waals surface area contributed by atoms with Gasteiger partial charge < -0.3 is 15.4 Å². The van der Waals surface area contributed by atoms with Crippen LogP contribution in [0.15, 0.2) is 24.3 Å². The SMILES string of the molecule is CN(C)CC(N)COc1ccccc1Cl. The van der Waals surface area contributed by atoms with Gasteiger partial charge in [0.15, 0.2) is 0 Å². The van der Waals surface area contributed by atoms with Gasteiger partial charge >= 0.3 is 0 Å². The molecule has 0 fully saturated rings. The van der Waals surface area contributed by atoms with Crippen molar-refractivity contribution in [2.45, 2.75) is 6.04 Å². The van der Waals surface area contributed by atoms with Crippen molar-refractivity contribution in [3.63, 3.8) is 0 Å². The van der Waals surface area contributed by atoms with E-state index in [9.17, 15) is 0 Å². The maximum atomic E-state index is 5.94. The second-order valence-electron chi connectivity index (χ2n) is 3.76. The molecular formula is C11H17ClN2O. The molecule has 1 aromatic rings. The summed E-state index contributed by atoms with van der Waals surface area (Å²) in [7, 11) is 3.96. The lowest BCUT2D eigenvalue weighted by molar-refractivity contribution is 0.254. The topological polar surface area (TPSA) is 38.5 Å². The Bertz CT molecular complexity index is 304. The normalized spacial score (nSPS) is 12.9. The van der Waals surface area contributed by atoms with Gasteiger partial charge in [0.05, 0.1) is 11.1 Å². The maximum absolute atomic E-state index is 5.94. The van der Waals surface area contributed by atoms with Crippen molar-refractivity contribution in [2.24, 2.45) is 5.73 Å². The predicted molar refractivity (Wildman–Crippen MR) is 63.5 cm³/mol. The molecule has 1 unspecified atom stereocenters. The molecule has 0 aliphatic rings. The average molecular weight is 229 g/mol. The van der Waals surface area contributed by atoms with Gasteiger partial charge in [-0.25, -0.2) is 0 Å². The van der Waals surface area contributed by atoms with Crippen LogP contribution in [0.5, 0.6) is 5.75 Å². The fourth-order valence-corrected chi connectivity index (χ4v) is 1.47. The number of para-hydroxylation sites is 1. The van der Waals surface area contributed by atoms with Crippen LogP contribution in [0, 0.1) is 0 Å². The molecule has 0 aliphatic carbocycles. The summed E-state index contributed by atoms with van der Waals surface area (Å²) < 4.78 is 5.52. The number of halogens is 1. The van der Waals surface area contributed by atoms with Crippen molar-refractivity contribution in [3.05, 3.63) is 29.3 Å². The van der Waals surface area contributed by atoms with Crippen LogP contribution in [0.1, 0.15) is 0 Å². The fraction of sp³-hybridized carbons (Fsp3) is 0.455. The Kier molecular flexibility index (Phi) is 4.88. The molecule has 0 heterocycles. The van der Waals surface area contributed by atoms with E-state index in [0.29, 0.717) is 17.4 Å². The molecule has 0 radical (unpaired) electrons. The standard InChI is InChI=1S/C11H17ClN2O/c1-14(2)7-9(13)8-15-11-6-4-3-5-10(11)12/h3-6,9H,7-8,13H2,1-2H3. The molecule has 15 heavy (non-hydrogen) atoms. The lowest BCUT2D eigenvalue weighted by Crippen LogP contribution is -2.37. The zero-order valence-corrected chi connectivity index (χ0v) is 9.87. The van der Waals surface area contributed by atoms with Gasteiger partial charge in [-0.3, -0.25) is 0 Å². The van der Waals surface area contributed by atoms with Crippen LogP contribution in [0.4, 0.5) is 0 Å². The summed E-state index contributed by atoms with van der Waals surface area (Å²) in [5, 5.41) is 0.620. The Labute approximate surface area is 95.8 Å². The van der Waals surface area contributed by atoms with E-state index in [4.69, 9.17) is 22.1 Å². The summed E-state index contributed by atoms with van der Waals surface area (Å²) in [6, 6.07) is 7.39. The summed E-state index contributed by atoms with van der Waals surface area (Å²) in [6.45, 7) is 1.27. The number of nitrogens with zero attached hydrogens (tertiary/aromatic N) is 1. The van der Waals surface area contributed by atoms with E-state index >= 15 is 0 Å². The van der Waals surface area contributed by atoms with E-state index in [-0.39, 0.29) is 6.04 Å². The molecule has 1 atom stereocenters. The molecule has 1 rings (SSSR count). The van der Waals surface area contributed by atoms with E-state index in [2.05, 4.69) is 0 Å². The summed E-state index contributed by atoms with van der Waals surface area (Å²) in [4.78, 5) is 2.03. The first-order valence-electron chi connectivity index (χ1n) is 4.87. The van der Waals surface area contributed by atoms with Gasteiger partial charge in [0.2, 0.25) is 0 Å². The van der Waals surface area contributed by atoms with E-state index in [1.54, 1.807) is 6.07 Å². The molecule has 0 saturated carbocycles. The van der Waals surface area contributed by atoms with Gasteiger partial charge in [-0.05, 0) is 26.2 Å². The third kappa shape index (κ3) is 4.51. The van der Waals surface area contributed by atoms with Crippen LogP contribution in [-0.4, -0.2) is 38.2 Å². The Morgan fingerprint density at radius 2 is 2.07 bits per heavy atom. The van der Waals surface area contributed by atoms with Crippen molar-refractivity contribution < 1.29 is 4.74 Å². The number of hydrogen-bond donors (Lipinski definition) is 1. The zero-order valence-electron chi connectivity index (χ0n) is 9.11. The molecule has 0 aromatic heterocycles. The van der Waals surface area contributed by atoms with Crippen molar-refractivity contribution in [3.8, 4) is 5.75 Å². The van der Waals surface area contributed by atoms with Crippen LogP contribution in [0.3, 0.4) is 0 Å². The highest BCUT2D eigenvalue weighted by molar-refractivity contribution is 6.32. The summed E-state index contributed by atoms with van der Waals surface area (Å²) >= 11 is 5.94. The first-order chi connectivity index (χ1) is 7.09. The second kappa shape index (κ2) is 5.95. The van der Waals surface area contributed by atoms with Gasteiger partial charge in [-0.15, -0.1) is 0 Å². The average Bonchev–Trinajstić information content (AvgIpc) is 2.15. The lowest BCUT2D eigenvalue weighted by Gasteiger charge is -2.17. The molecule has 4 heteroatoms. The lowest BCUT2D eigenvalue weighted by atomic mass is 10.3. The first kappa shape index (κ1) is 12.3. The Morgan fingerprint density at radius 1 is 1.40 bits per heavy atom. The van der Waals surface area contributed by atoms with Gasteiger partial charge in [-0.1, -0.05) is 23.7 Å². The Balaban J connectivity index is 2.40. The van der Waals surface area contributed by atoms with Gasteiger partial charge in [0.1, 0.15) is 12.4 Å². The maximum Gasteiger partial charge on any atom is 0.137 e. The minimum absolute atomic E-state index is 0.00345. The van der Waals surface area contributed by atoms with Crippen LogP contribution in [0.25, 0.3) is 0 Å². The van der Waals surface area contributed by atoms with E-state index in [1.165, 1.54) is 0 Å². The number of ether oxygens (including phenoxy) is 1. The monoisotopic (exact) mass is 228 g/mol. The highest BCUT2D eigenvalue weighted by Gasteiger charge is 2.06. The molecule has 0 amide bonds. The van der Waals surface area contributed by atoms with Crippen molar-refractivity contribution in [1.29, 1.82) is 0 Å². The number of nitrogens with two attached hydrogens (primary N) is 1. The van der Waals surface area contributed by atoms with Crippen molar-refractivity contribution in [1.82, 2.24) is 4.90 Å². The third-order valence-electron chi connectivity index (χ3n) is 1.89. The van der Waals surface area contributed by atoms with E-state index in [0.717, 1.165) is 6.54 Å². The number of hydrogen-bond acceptors (Lipinski definition) is 3. The summed E-state index contributed by atoms with van der Waals surface area (Å²) in [5.74, 6) is 0.688. The number of rotatable bonds is 5. The molecule has 0 saturated heterocycles. The zero-order chi connectivity index (χ0) is 11.3. The molecule has 84 valence electrons. The van der Waals surface area contributed by atoms with Crippen molar-refractivity contribution >= 4 is 11.6 Å². The van der Waals surface area contributed by atoms with Gasteiger partial charge in [0, 0.05) is 6.54 Å². The Morgan fingerprint density at radius 3 is 2.67 bits per heavy atom. The largest absolute Gasteiger partial charge is 0.490 e. The van der Waals surface area contributed by atoms with Gasteiger partial charge in [-0.2, -0.15) is 0 Å². The summed E-state index contributed by atoms with van der Waals surface area (Å²) in [6.07, 6.45) is 0. The second-order valence-corrected chi connectivity index (χ2v) is 4.17. The minimum Gasteiger partial charge on any atom is -0.490 e. The molecule has 0 aliphatic heterocycles. The fourth-order valence-electron chi connectivity index (χ4n) is 1.28. The van der Waals surface area contributed by atoms with Crippen LogP contribution >= 0.6 is 11.6 Å². The number of benzene rings is 1. The van der Waals surface area contributed by atoms with Crippen LogP contribution in [0.2, 0.25) is 5.02 Å². The molecule has 0 bridgehead atoms. The summed E-state index contributed by atoms with van der Waals surface area (Å²) in [5.41, 5.74) is 5.86. The predicted octanol–water partition coefficient (Wildman–Crippen LogP) is 1.61. The van der Waals surface area contributed by atoms with E-state index in [1.807, 2.05) is 37.2 Å². The smallest absolute Gasteiger partial charge is 0.137 e. The van der Waals surface area contributed by atoms with E-state index < -0.39 is 0 Å². The Hall–Kier alpha value is -0.770. The van der Waals surface area contributed by atoms with Gasteiger partial charge in [0.25, 0.3) is 0 Å². The van der Waals surface area contributed by atoms with Crippen LogP contribution in [-0.2, 0) is 0 Å². The third-order valence-corrected chi connectivity index (χ3v) is 2.20. The molecular weight excluding hydrogens is 212 g/mol. The minimum atomic E-state index is -0.00345.